The summed E-state index contributed by atoms with van der Waals surface area (Å²) in [7, 11) is 0. The normalized spacial score (nSPS) is 15.0. The molecule has 228 valence electrons. The molecule has 0 fully saturated rings. The third-order valence-corrected chi connectivity index (χ3v) is 10.9. The van der Waals surface area contributed by atoms with Crippen molar-refractivity contribution in [3.8, 4) is 33.8 Å². The highest BCUT2D eigenvalue weighted by molar-refractivity contribution is 5.96. The van der Waals surface area contributed by atoms with Gasteiger partial charge in [-0.1, -0.05) is 135 Å². The van der Waals surface area contributed by atoms with Gasteiger partial charge < -0.3 is 9.64 Å². The Bertz CT molecular complexity index is 2370. The molecule has 2 aliphatic carbocycles. The third-order valence-electron chi connectivity index (χ3n) is 10.9. The molecule has 1 aliphatic heterocycles. The van der Waals surface area contributed by atoms with Gasteiger partial charge in [-0.25, -0.2) is 0 Å². The zero-order valence-electron chi connectivity index (χ0n) is 26.9. The Hall–Kier alpha value is -5.86. The molecule has 0 N–H and O–H groups in total. The van der Waals surface area contributed by atoms with Crippen LogP contribution in [0, 0.1) is 0 Å². The standard InChI is InChI=1S/C46H33NO/c1-45(2)36-20-8-6-17-32(36)34-28-27-31(29-40(34)45)47(30-15-4-3-5-16-30)41-24-14-19-35-33-18-7-9-21-37(33)46(44(35)41)38-22-10-12-25-42(38)48-43-26-13-11-23-39(43)46/h3-29H,1-2H3. The zero-order valence-corrected chi connectivity index (χ0v) is 26.9. The molecule has 0 unspecified atom stereocenters. The minimum Gasteiger partial charge on any atom is -0.457 e. The van der Waals surface area contributed by atoms with Gasteiger partial charge in [0.05, 0.1) is 11.1 Å². The van der Waals surface area contributed by atoms with Crippen molar-refractivity contribution >= 4 is 17.1 Å². The first-order valence-electron chi connectivity index (χ1n) is 16.8. The molecule has 7 aromatic rings. The van der Waals surface area contributed by atoms with E-state index >= 15 is 0 Å². The van der Waals surface area contributed by atoms with Gasteiger partial charge in [0, 0.05) is 33.5 Å². The van der Waals surface area contributed by atoms with Crippen molar-refractivity contribution in [2.45, 2.75) is 24.7 Å². The maximum Gasteiger partial charge on any atom is 0.132 e. The second-order valence-corrected chi connectivity index (χ2v) is 13.7. The van der Waals surface area contributed by atoms with Crippen LogP contribution in [0.5, 0.6) is 11.5 Å². The SMILES string of the molecule is CC1(C)c2ccccc2-c2ccc(N(c3ccccc3)c3cccc4c3C3(c5ccccc5Oc5ccccc53)c3ccccc3-4)cc21. The topological polar surface area (TPSA) is 12.5 Å². The fraction of sp³-hybridized carbons (Fsp3) is 0.0870. The van der Waals surface area contributed by atoms with Gasteiger partial charge in [-0.3, -0.25) is 0 Å². The van der Waals surface area contributed by atoms with Crippen molar-refractivity contribution < 1.29 is 4.74 Å². The van der Waals surface area contributed by atoms with Gasteiger partial charge in [0.25, 0.3) is 0 Å². The number of para-hydroxylation sites is 3. The van der Waals surface area contributed by atoms with Crippen molar-refractivity contribution in [1.29, 1.82) is 0 Å². The van der Waals surface area contributed by atoms with Crippen molar-refractivity contribution in [3.63, 3.8) is 0 Å². The van der Waals surface area contributed by atoms with E-state index in [9.17, 15) is 0 Å². The number of benzene rings is 7. The van der Waals surface area contributed by atoms with Gasteiger partial charge in [0.2, 0.25) is 0 Å². The molecule has 10 rings (SSSR count). The van der Waals surface area contributed by atoms with E-state index in [0.717, 1.165) is 28.6 Å². The smallest absolute Gasteiger partial charge is 0.132 e. The van der Waals surface area contributed by atoms with Crippen LogP contribution in [0.1, 0.15) is 47.2 Å². The molecule has 3 aliphatic rings. The zero-order chi connectivity index (χ0) is 32.0. The fourth-order valence-corrected chi connectivity index (χ4v) is 8.91. The van der Waals surface area contributed by atoms with Crippen LogP contribution < -0.4 is 9.64 Å². The van der Waals surface area contributed by atoms with Gasteiger partial charge in [0.15, 0.2) is 0 Å². The summed E-state index contributed by atoms with van der Waals surface area (Å²) in [6.45, 7) is 4.71. The maximum atomic E-state index is 6.65. The predicted molar refractivity (Wildman–Crippen MR) is 196 cm³/mol. The van der Waals surface area contributed by atoms with Crippen LogP contribution in [-0.2, 0) is 10.8 Å². The number of ether oxygens (including phenoxy) is 1. The molecule has 1 spiro atoms. The highest BCUT2D eigenvalue weighted by atomic mass is 16.5. The molecule has 0 bridgehead atoms. The number of rotatable bonds is 3. The Labute approximate surface area is 281 Å². The lowest BCUT2D eigenvalue weighted by Gasteiger charge is -2.41. The molecule has 0 radical (unpaired) electrons. The maximum absolute atomic E-state index is 6.65. The van der Waals surface area contributed by atoms with Crippen LogP contribution in [0.4, 0.5) is 17.1 Å². The van der Waals surface area contributed by atoms with Crippen molar-refractivity contribution in [2.24, 2.45) is 0 Å². The summed E-state index contributed by atoms with van der Waals surface area (Å²) >= 11 is 0. The van der Waals surface area contributed by atoms with Crippen LogP contribution in [0.15, 0.2) is 164 Å². The summed E-state index contributed by atoms with van der Waals surface area (Å²) in [5.41, 5.74) is 15.6. The lowest BCUT2D eigenvalue weighted by Crippen LogP contribution is -2.33. The number of anilines is 3. The van der Waals surface area contributed by atoms with Gasteiger partial charge in [-0.05, 0) is 81.4 Å². The Balaban J connectivity index is 1.31. The third kappa shape index (κ3) is 3.47. The Morgan fingerprint density at radius 1 is 0.417 bits per heavy atom. The van der Waals surface area contributed by atoms with Crippen LogP contribution in [-0.4, -0.2) is 0 Å². The van der Waals surface area contributed by atoms with Crippen LogP contribution in [0.25, 0.3) is 22.3 Å². The number of fused-ring (bicyclic) bond motifs is 12. The first-order valence-corrected chi connectivity index (χ1v) is 16.8. The van der Waals surface area contributed by atoms with E-state index in [4.69, 9.17) is 4.74 Å². The summed E-state index contributed by atoms with van der Waals surface area (Å²) in [4.78, 5) is 2.48. The highest BCUT2D eigenvalue weighted by Gasteiger charge is 2.52. The summed E-state index contributed by atoms with van der Waals surface area (Å²) in [6, 6.07) is 59.8. The van der Waals surface area contributed by atoms with Gasteiger partial charge >= 0.3 is 0 Å². The summed E-state index contributed by atoms with van der Waals surface area (Å²) in [5, 5.41) is 0. The van der Waals surface area contributed by atoms with E-state index in [2.05, 4.69) is 183 Å². The molecule has 0 saturated heterocycles. The largest absolute Gasteiger partial charge is 0.457 e. The molecule has 0 saturated carbocycles. The minimum atomic E-state index is -0.576. The quantitative estimate of drug-likeness (QED) is 0.196. The lowest BCUT2D eigenvalue weighted by atomic mass is 9.65. The number of nitrogens with zero attached hydrogens (tertiary/aromatic N) is 1. The Morgan fingerprint density at radius 2 is 0.958 bits per heavy atom. The lowest BCUT2D eigenvalue weighted by molar-refractivity contribution is 0.436. The molecule has 0 atom stereocenters. The average molecular weight is 616 g/mol. The molecule has 2 heteroatoms. The van der Waals surface area contributed by atoms with Crippen molar-refractivity contribution in [1.82, 2.24) is 0 Å². The predicted octanol–water partition coefficient (Wildman–Crippen LogP) is 11.9. The second kappa shape index (κ2) is 9.82. The van der Waals surface area contributed by atoms with Gasteiger partial charge in [-0.2, -0.15) is 0 Å². The van der Waals surface area contributed by atoms with E-state index in [1.54, 1.807) is 0 Å². The van der Waals surface area contributed by atoms with Crippen LogP contribution in [0.2, 0.25) is 0 Å². The van der Waals surface area contributed by atoms with E-state index in [-0.39, 0.29) is 5.41 Å². The average Bonchev–Trinajstić information content (AvgIpc) is 3.56. The molecule has 48 heavy (non-hydrogen) atoms. The van der Waals surface area contributed by atoms with E-state index in [0.29, 0.717) is 0 Å². The Morgan fingerprint density at radius 3 is 1.67 bits per heavy atom. The van der Waals surface area contributed by atoms with E-state index < -0.39 is 5.41 Å². The molecular weight excluding hydrogens is 583 g/mol. The van der Waals surface area contributed by atoms with Gasteiger partial charge in [-0.15, -0.1) is 0 Å². The molecule has 0 aromatic heterocycles. The van der Waals surface area contributed by atoms with Gasteiger partial charge in [0.1, 0.15) is 11.5 Å². The fourth-order valence-electron chi connectivity index (χ4n) is 8.91. The summed E-state index contributed by atoms with van der Waals surface area (Å²) in [6.07, 6.45) is 0. The molecular formula is C46H33NO. The minimum absolute atomic E-state index is 0.112. The summed E-state index contributed by atoms with van der Waals surface area (Å²) in [5.74, 6) is 1.80. The monoisotopic (exact) mass is 615 g/mol. The number of hydrogen-bond donors (Lipinski definition) is 0. The number of hydrogen-bond acceptors (Lipinski definition) is 2. The van der Waals surface area contributed by atoms with Crippen molar-refractivity contribution in [3.05, 3.63) is 197 Å². The Kier molecular flexibility index (Phi) is 5.58. The van der Waals surface area contributed by atoms with E-state index in [1.165, 1.54) is 55.6 Å². The first-order chi connectivity index (χ1) is 23.6. The summed E-state index contributed by atoms with van der Waals surface area (Å²) < 4.78 is 6.65. The van der Waals surface area contributed by atoms with E-state index in [1.807, 2.05) is 0 Å². The second-order valence-electron chi connectivity index (χ2n) is 13.7. The van der Waals surface area contributed by atoms with Crippen LogP contribution >= 0.6 is 0 Å². The molecule has 1 heterocycles. The molecule has 2 nitrogen and oxygen atoms in total. The van der Waals surface area contributed by atoms with Crippen LogP contribution in [0.3, 0.4) is 0 Å². The molecule has 7 aromatic carbocycles. The first kappa shape index (κ1) is 27.3. The highest BCUT2D eigenvalue weighted by Crippen LogP contribution is 2.64. The van der Waals surface area contributed by atoms with Crippen molar-refractivity contribution in [2.75, 3.05) is 4.90 Å². The molecule has 0 amide bonds.